The standard InChI is InChI=1S/C22H20F2N4O4/c1-12-3-4-14(20(30)26-9-19(25)29)7-18(12)28-11-27-21(13(2)22(28)31)32-10-15-5-6-16(23)8-17(15)24/h3-8,11H,9-10H2,1-2H3,(H2,25,29)(H,26,30). The van der Waals surface area contributed by atoms with Crippen LogP contribution in [0.15, 0.2) is 47.5 Å². The lowest BCUT2D eigenvalue weighted by Crippen LogP contribution is -2.33. The van der Waals surface area contributed by atoms with E-state index in [4.69, 9.17) is 10.5 Å². The topological polar surface area (TPSA) is 116 Å². The van der Waals surface area contributed by atoms with E-state index < -0.39 is 29.0 Å². The molecule has 0 radical (unpaired) electrons. The summed E-state index contributed by atoms with van der Waals surface area (Å²) in [7, 11) is 0. The smallest absolute Gasteiger partial charge is 0.264 e. The van der Waals surface area contributed by atoms with Gasteiger partial charge in [0.2, 0.25) is 11.8 Å². The zero-order valence-electron chi connectivity index (χ0n) is 17.3. The molecule has 10 heteroatoms. The molecule has 0 unspecified atom stereocenters. The minimum Gasteiger partial charge on any atom is -0.472 e. The molecular formula is C22H20F2N4O4. The number of hydrogen-bond donors (Lipinski definition) is 2. The van der Waals surface area contributed by atoms with Crippen molar-refractivity contribution < 1.29 is 23.1 Å². The third-order valence-corrected chi connectivity index (χ3v) is 4.68. The Kier molecular flexibility index (Phi) is 6.62. The van der Waals surface area contributed by atoms with Crippen molar-refractivity contribution >= 4 is 11.8 Å². The fourth-order valence-corrected chi connectivity index (χ4v) is 2.91. The summed E-state index contributed by atoms with van der Waals surface area (Å²) in [6.45, 7) is 2.70. The second-order valence-electron chi connectivity index (χ2n) is 7.02. The van der Waals surface area contributed by atoms with Crippen LogP contribution >= 0.6 is 0 Å². The molecule has 0 bridgehead atoms. The quantitative estimate of drug-likeness (QED) is 0.580. The monoisotopic (exact) mass is 442 g/mol. The highest BCUT2D eigenvalue weighted by molar-refractivity contribution is 5.96. The van der Waals surface area contributed by atoms with E-state index in [1.807, 2.05) is 0 Å². The van der Waals surface area contributed by atoms with Crippen molar-refractivity contribution in [2.24, 2.45) is 5.73 Å². The zero-order valence-corrected chi connectivity index (χ0v) is 17.3. The van der Waals surface area contributed by atoms with E-state index in [1.54, 1.807) is 19.1 Å². The Balaban J connectivity index is 1.87. The predicted octanol–water partition coefficient (Wildman–Crippen LogP) is 1.92. The van der Waals surface area contributed by atoms with Crippen LogP contribution in [0, 0.1) is 25.5 Å². The highest BCUT2D eigenvalue weighted by atomic mass is 19.1. The zero-order chi connectivity index (χ0) is 23.4. The summed E-state index contributed by atoms with van der Waals surface area (Å²) < 4.78 is 33.6. The molecule has 0 saturated carbocycles. The molecule has 2 aromatic carbocycles. The molecule has 1 aromatic heterocycles. The van der Waals surface area contributed by atoms with Crippen LogP contribution in [-0.4, -0.2) is 27.9 Å². The number of nitrogens with two attached hydrogens (primary N) is 1. The van der Waals surface area contributed by atoms with E-state index in [0.717, 1.165) is 12.1 Å². The fraction of sp³-hybridized carbons (Fsp3) is 0.182. The Bertz CT molecular complexity index is 1260. The molecular weight excluding hydrogens is 422 g/mol. The second kappa shape index (κ2) is 9.38. The van der Waals surface area contributed by atoms with Gasteiger partial charge >= 0.3 is 0 Å². The average Bonchev–Trinajstić information content (AvgIpc) is 2.75. The summed E-state index contributed by atoms with van der Waals surface area (Å²) in [6.07, 6.45) is 1.24. The third-order valence-electron chi connectivity index (χ3n) is 4.68. The molecule has 0 saturated heterocycles. The molecule has 0 aliphatic carbocycles. The molecule has 1 heterocycles. The van der Waals surface area contributed by atoms with Gasteiger partial charge in [-0.25, -0.2) is 13.8 Å². The van der Waals surface area contributed by atoms with Crippen LogP contribution in [0.5, 0.6) is 5.88 Å². The van der Waals surface area contributed by atoms with Crippen LogP contribution in [-0.2, 0) is 11.4 Å². The molecule has 0 aliphatic rings. The molecule has 0 spiro atoms. The van der Waals surface area contributed by atoms with E-state index in [0.29, 0.717) is 11.3 Å². The van der Waals surface area contributed by atoms with Crippen molar-refractivity contribution in [2.45, 2.75) is 20.5 Å². The number of rotatable bonds is 7. The Labute approximate surface area is 181 Å². The lowest BCUT2D eigenvalue weighted by Gasteiger charge is -2.14. The second-order valence-corrected chi connectivity index (χ2v) is 7.02. The van der Waals surface area contributed by atoms with Gasteiger partial charge in [0, 0.05) is 17.2 Å². The Hall–Kier alpha value is -4.08. The Morgan fingerprint density at radius 3 is 2.59 bits per heavy atom. The van der Waals surface area contributed by atoms with Crippen LogP contribution in [0.4, 0.5) is 8.78 Å². The van der Waals surface area contributed by atoms with Crippen molar-refractivity contribution in [3.8, 4) is 11.6 Å². The molecule has 3 rings (SSSR count). The molecule has 166 valence electrons. The van der Waals surface area contributed by atoms with Crippen LogP contribution in [0.2, 0.25) is 0 Å². The molecule has 0 atom stereocenters. The minimum absolute atomic E-state index is 0.00276. The van der Waals surface area contributed by atoms with Gasteiger partial charge in [0.15, 0.2) is 0 Å². The maximum Gasteiger partial charge on any atom is 0.264 e. The number of nitrogens with one attached hydrogen (secondary N) is 1. The van der Waals surface area contributed by atoms with Crippen LogP contribution in [0.25, 0.3) is 5.69 Å². The number of ether oxygens (including phenoxy) is 1. The van der Waals surface area contributed by atoms with Crippen molar-refractivity contribution in [3.05, 3.63) is 87.0 Å². The third kappa shape index (κ3) is 4.97. The van der Waals surface area contributed by atoms with Crippen LogP contribution in [0.1, 0.15) is 27.0 Å². The van der Waals surface area contributed by atoms with E-state index in [2.05, 4.69) is 10.3 Å². The number of amides is 2. The molecule has 3 aromatic rings. The highest BCUT2D eigenvalue weighted by Crippen LogP contribution is 2.18. The van der Waals surface area contributed by atoms with Crippen LogP contribution < -0.4 is 21.3 Å². The van der Waals surface area contributed by atoms with E-state index in [9.17, 15) is 23.2 Å². The number of benzene rings is 2. The van der Waals surface area contributed by atoms with E-state index >= 15 is 0 Å². The highest BCUT2D eigenvalue weighted by Gasteiger charge is 2.15. The van der Waals surface area contributed by atoms with E-state index in [-0.39, 0.29) is 35.7 Å². The summed E-state index contributed by atoms with van der Waals surface area (Å²) in [5, 5.41) is 2.38. The fourth-order valence-electron chi connectivity index (χ4n) is 2.91. The van der Waals surface area contributed by atoms with Gasteiger partial charge in [-0.3, -0.25) is 19.0 Å². The number of hydrogen-bond acceptors (Lipinski definition) is 5. The number of carbonyl (C=O) groups excluding carboxylic acids is 2. The molecule has 2 amide bonds. The number of aromatic nitrogens is 2. The molecule has 8 nitrogen and oxygen atoms in total. The van der Waals surface area contributed by atoms with E-state index in [1.165, 1.54) is 30.0 Å². The van der Waals surface area contributed by atoms with Gasteiger partial charge in [-0.1, -0.05) is 6.07 Å². The van der Waals surface area contributed by atoms with Gasteiger partial charge in [0.05, 0.1) is 17.8 Å². The van der Waals surface area contributed by atoms with Crippen molar-refractivity contribution in [3.63, 3.8) is 0 Å². The predicted molar refractivity (Wildman–Crippen MR) is 112 cm³/mol. The SMILES string of the molecule is Cc1ccc(C(=O)NCC(N)=O)cc1-n1cnc(OCc2ccc(F)cc2F)c(C)c1=O. The van der Waals surface area contributed by atoms with Gasteiger partial charge in [-0.2, -0.15) is 0 Å². The van der Waals surface area contributed by atoms with Gasteiger partial charge in [-0.05, 0) is 43.7 Å². The first-order chi connectivity index (χ1) is 15.2. The van der Waals surface area contributed by atoms with Crippen molar-refractivity contribution in [1.29, 1.82) is 0 Å². The first kappa shape index (κ1) is 22.6. The largest absolute Gasteiger partial charge is 0.472 e. The lowest BCUT2D eigenvalue weighted by atomic mass is 10.1. The van der Waals surface area contributed by atoms with Crippen molar-refractivity contribution in [1.82, 2.24) is 14.9 Å². The number of aryl methyl sites for hydroxylation is 1. The molecule has 0 aliphatic heterocycles. The first-order valence-corrected chi connectivity index (χ1v) is 9.50. The summed E-state index contributed by atoms with van der Waals surface area (Å²) in [6, 6.07) is 7.79. The van der Waals surface area contributed by atoms with Crippen LogP contribution in [0.3, 0.4) is 0 Å². The first-order valence-electron chi connectivity index (χ1n) is 9.50. The molecule has 32 heavy (non-hydrogen) atoms. The molecule has 0 fully saturated rings. The summed E-state index contributed by atoms with van der Waals surface area (Å²) in [5.74, 6) is -2.67. The number of nitrogens with zero attached hydrogens (tertiary/aromatic N) is 2. The average molecular weight is 442 g/mol. The van der Waals surface area contributed by atoms with Gasteiger partial charge in [-0.15, -0.1) is 0 Å². The Morgan fingerprint density at radius 2 is 1.91 bits per heavy atom. The number of carbonyl (C=O) groups is 2. The summed E-state index contributed by atoms with van der Waals surface area (Å²) in [5.41, 5.74) is 6.19. The number of halogens is 2. The maximum atomic E-state index is 13.8. The van der Waals surface area contributed by atoms with Gasteiger partial charge in [0.1, 0.15) is 24.6 Å². The normalized spacial score (nSPS) is 10.6. The lowest BCUT2D eigenvalue weighted by molar-refractivity contribution is -0.117. The summed E-state index contributed by atoms with van der Waals surface area (Å²) in [4.78, 5) is 40.2. The van der Waals surface area contributed by atoms with Gasteiger partial charge < -0.3 is 15.8 Å². The van der Waals surface area contributed by atoms with Crippen molar-refractivity contribution in [2.75, 3.05) is 6.54 Å². The van der Waals surface area contributed by atoms with Gasteiger partial charge in [0.25, 0.3) is 11.5 Å². The maximum absolute atomic E-state index is 13.8. The number of primary amides is 1. The molecule has 3 N–H and O–H groups in total. The summed E-state index contributed by atoms with van der Waals surface area (Å²) >= 11 is 0. The minimum atomic E-state index is -0.766. The Morgan fingerprint density at radius 1 is 1.16 bits per heavy atom.